The van der Waals surface area contributed by atoms with Gasteiger partial charge in [0.1, 0.15) is 5.75 Å². The van der Waals surface area contributed by atoms with Gasteiger partial charge in [0.15, 0.2) is 0 Å². The molecule has 3 heteroatoms. The van der Waals surface area contributed by atoms with Crippen LogP contribution >= 0.6 is 0 Å². The Morgan fingerprint density at radius 3 is 2.39 bits per heavy atom. The number of fused-ring (bicyclic) bond motifs is 1. The fourth-order valence-corrected chi connectivity index (χ4v) is 2.86. The van der Waals surface area contributed by atoms with E-state index >= 15 is 0 Å². The number of rotatable bonds is 6. The smallest absolute Gasteiger partial charge is 0.120 e. The van der Waals surface area contributed by atoms with E-state index in [0.29, 0.717) is 6.54 Å². The molecule has 118 valence electrons. The molecular formula is C20H21NO2. The zero-order valence-corrected chi connectivity index (χ0v) is 12.9. The third-order valence-corrected chi connectivity index (χ3v) is 4.13. The largest absolute Gasteiger partial charge is 0.508 e. The summed E-state index contributed by atoms with van der Waals surface area (Å²) in [5.74, 6) is 0.285. The van der Waals surface area contributed by atoms with Crippen LogP contribution in [-0.4, -0.2) is 22.9 Å². The highest BCUT2D eigenvalue weighted by Gasteiger charge is 2.11. The first-order valence-electron chi connectivity index (χ1n) is 7.85. The van der Waals surface area contributed by atoms with E-state index in [1.807, 2.05) is 48.5 Å². The average Bonchev–Trinajstić information content (AvgIpc) is 2.60. The Kier molecular flexibility index (Phi) is 4.91. The summed E-state index contributed by atoms with van der Waals surface area (Å²) < 4.78 is 0. The van der Waals surface area contributed by atoms with Gasteiger partial charge in [-0.25, -0.2) is 0 Å². The van der Waals surface area contributed by atoms with E-state index in [-0.39, 0.29) is 18.4 Å². The number of benzene rings is 3. The van der Waals surface area contributed by atoms with Crippen LogP contribution in [0, 0.1) is 0 Å². The van der Waals surface area contributed by atoms with E-state index in [1.54, 1.807) is 6.07 Å². The minimum atomic E-state index is -0.0456. The van der Waals surface area contributed by atoms with E-state index in [1.165, 1.54) is 5.56 Å². The minimum absolute atomic E-state index is 0.0456. The number of hydrogen-bond donors (Lipinski definition) is 3. The number of phenolic OH excluding ortho intramolecular Hbond substituents is 1. The SMILES string of the molecule is OCC(Cc1ccccc1)NCc1c(O)ccc2ccccc12. The molecule has 0 spiro atoms. The molecule has 1 atom stereocenters. The van der Waals surface area contributed by atoms with Gasteiger partial charge in [-0.15, -0.1) is 0 Å². The molecule has 0 bridgehead atoms. The maximum absolute atomic E-state index is 10.2. The number of aromatic hydroxyl groups is 1. The molecule has 0 radical (unpaired) electrons. The van der Waals surface area contributed by atoms with Crippen LogP contribution in [-0.2, 0) is 13.0 Å². The number of phenols is 1. The molecule has 0 saturated heterocycles. The van der Waals surface area contributed by atoms with Crippen molar-refractivity contribution in [1.82, 2.24) is 5.32 Å². The number of hydrogen-bond acceptors (Lipinski definition) is 3. The van der Waals surface area contributed by atoms with E-state index in [4.69, 9.17) is 0 Å². The zero-order chi connectivity index (χ0) is 16.1. The van der Waals surface area contributed by atoms with Crippen LogP contribution in [0.3, 0.4) is 0 Å². The average molecular weight is 307 g/mol. The van der Waals surface area contributed by atoms with Gasteiger partial charge in [0, 0.05) is 18.2 Å². The Bertz CT molecular complexity index is 771. The van der Waals surface area contributed by atoms with Crippen LogP contribution in [0.2, 0.25) is 0 Å². The Morgan fingerprint density at radius 2 is 1.61 bits per heavy atom. The summed E-state index contributed by atoms with van der Waals surface area (Å²) in [5.41, 5.74) is 2.05. The molecule has 0 aliphatic heterocycles. The summed E-state index contributed by atoms with van der Waals surface area (Å²) in [7, 11) is 0. The number of aliphatic hydroxyl groups excluding tert-OH is 1. The molecule has 0 heterocycles. The Labute approximate surface area is 136 Å². The van der Waals surface area contributed by atoms with Crippen molar-refractivity contribution in [3.63, 3.8) is 0 Å². The lowest BCUT2D eigenvalue weighted by molar-refractivity contribution is 0.240. The third kappa shape index (κ3) is 3.70. The van der Waals surface area contributed by atoms with Crippen LogP contribution < -0.4 is 5.32 Å². The summed E-state index contributed by atoms with van der Waals surface area (Å²) in [4.78, 5) is 0. The Morgan fingerprint density at radius 1 is 0.870 bits per heavy atom. The lowest BCUT2D eigenvalue weighted by atomic mass is 10.0. The van der Waals surface area contributed by atoms with Crippen molar-refractivity contribution in [3.8, 4) is 5.75 Å². The van der Waals surface area contributed by atoms with Crippen molar-refractivity contribution in [1.29, 1.82) is 0 Å². The van der Waals surface area contributed by atoms with Gasteiger partial charge in [0.25, 0.3) is 0 Å². The third-order valence-electron chi connectivity index (χ3n) is 4.13. The van der Waals surface area contributed by atoms with Gasteiger partial charge < -0.3 is 15.5 Å². The van der Waals surface area contributed by atoms with Gasteiger partial charge in [-0.1, -0.05) is 60.7 Å². The van der Waals surface area contributed by atoms with Crippen LogP contribution in [0.4, 0.5) is 0 Å². The predicted molar refractivity (Wildman–Crippen MR) is 93.5 cm³/mol. The first-order valence-corrected chi connectivity index (χ1v) is 7.85. The van der Waals surface area contributed by atoms with E-state index < -0.39 is 0 Å². The van der Waals surface area contributed by atoms with E-state index in [0.717, 1.165) is 22.8 Å². The van der Waals surface area contributed by atoms with Crippen molar-refractivity contribution in [2.45, 2.75) is 19.0 Å². The van der Waals surface area contributed by atoms with Crippen LogP contribution in [0.15, 0.2) is 66.7 Å². The standard InChI is InChI=1S/C20H21NO2/c22-14-17(12-15-6-2-1-3-7-15)21-13-19-18-9-5-4-8-16(18)10-11-20(19)23/h1-11,17,21-23H,12-14H2. The second kappa shape index (κ2) is 7.27. The summed E-state index contributed by atoms with van der Waals surface area (Å²) in [6.45, 7) is 0.575. The van der Waals surface area contributed by atoms with Gasteiger partial charge >= 0.3 is 0 Å². The first-order chi connectivity index (χ1) is 11.3. The molecule has 0 saturated carbocycles. The first kappa shape index (κ1) is 15.5. The van der Waals surface area contributed by atoms with Crippen molar-refractivity contribution in [2.24, 2.45) is 0 Å². The summed E-state index contributed by atoms with van der Waals surface area (Å²) in [6, 6.07) is 21.7. The van der Waals surface area contributed by atoms with E-state index in [9.17, 15) is 10.2 Å². The molecule has 0 amide bonds. The highest BCUT2D eigenvalue weighted by molar-refractivity contribution is 5.87. The molecule has 3 nitrogen and oxygen atoms in total. The molecule has 3 rings (SSSR count). The lowest BCUT2D eigenvalue weighted by Gasteiger charge is -2.18. The van der Waals surface area contributed by atoms with E-state index in [2.05, 4.69) is 17.4 Å². The second-order valence-corrected chi connectivity index (χ2v) is 5.73. The Hall–Kier alpha value is -2.36. The predicted octanol–water partition coefficient (Wildman–Crippen LogP) is 3.24. The second-order valence-electron chi connectivity index (χ2n) is 5.73. The normalized spacial score (nSPS) is 12.4. The number of aliphatic hydroxyl groups is 1. The van der Waals surface area contributed by atoms with Crippen molar-refractivity contribution in [3.05, 3.63) is 77.9 Å². The Balaban J connectivity index is 1.75. The van der Waals surface area contributed by atoms with Crippen molar-refractivity contribution >= 4 is 10.8 Å². The molecule has 0 aromatic heterocycles. The maximum Gasteiger partial charge on any atom is 0.120 e. The molecular weight excluding hydrogens is 286 g/mol. The van der Waals surface area contributed by atoms with Crippen LogP contribution in [0.25, 0.3) is 10.8 Å². The molecule has 0 aliphatic carbocycles. The molecule has 1 unspecified atom stereocenters. The molecule has 0 aliphatic rings. The quantitative estimate of drug-likeness (QED) is 0.655. The highest BCUT2D eigenvalue weighted by Crippen LogP contribution is 2.27. The number of nitrogens with one attached hydrogen (secondary N) is 1. The fraction of sp³-hybridized carbons (Fsp3) is 0.200. The highest BCUT2D eigenvalue weighted by atomic mass is 16.3. The maximum atomic E-state index is 10.2. The topological polar surface area (TPSA) is 52.5 Å². The van der Waals surface area contributed by atoms with Crippen molar-refractivity contribution in [2.75, 3.05) is 6.61 Å². The molecule has 3 N–H and O–H groups in total. The minimum Gasteiger partial charge on any atom is -0.508 e. The van der Waals surface area contributed by atoms with Gasteiger partial charge in [-0.3, -0.25) is 0 Å². The molecule has 3 aromatic carbocycles. The molecule has 3 aromatic rings. The summed E-state index contributed by atoms with van der Waals surface area (Å²) in [6.07, 6.45) is 0.753. The molecule has 0 fully saturated rings. The van der Waals surface area contributed by atoms with Gasteiger partial charge in [-0.2, -0.15) is 0 Å². The zero-order valence-electron chi connectivity index (χ0n) is 12.9. The van der Waals surface area contributed by atoms with Crippen LogP contribution in [0.1, 0.15) is 11.1 Å². The van der Waals surface area contributed by atoms with Gasteiger partial charge in [-0.05, 0) is 28.8 Å². The lowest BCUT2D eigenvalue weighted by Crippen LogP contribution is -2.34. The molecule has 23 heavy (non-hydrogen) atoms. The van der Waals surface area contributed by atoms with Gasteiger partial charge in [0.2, 0.25) is 0 Å². The van der Waals surface area contributed by atoms with Gasteiger partial charge in [0.05, 0.1) is 6.61 Å². The summed E-state index contributed by atoms with van der Waals surface area (Å²) in [5, 5.41) is 25.3. The van der Waals surface area contributed by atoms with Crippen molar-refractivity contribution < 1.29 is 10.2 Å². The van der Waals surface area contributed by atoms with Crippen LogP contribution in [0.5, 0.6) is 5.75 Å². The fourth-order valence-electron chi connectivity index (χ4n) is 2.86. The summed E-state index contributed by atoms with van der Waals surface area (Å²) >= 11 is 0. The monoisotopic (exact) mass is 307 g/mol.